The predicted octanol–water partition coefficient (Wildman–Crippen LogP) is 3.70. The van der Waals surface area contributed by atoms with Gasteiger partial charge >= 0.3 is 0 Å². The quantitative estimate of drug-likeness (QED) is 0.891. The van der Waals surface area contributed by atoms with Crippen LogP contribution in [0.25, 0.3) is 0 Å². The topological polar surface area (TPSA) is 29.5 Å². The monoisotopic (exact) mass is 274 g/mol. The molecule has 2 aliphatic rings. The molecule has 1 N–H and O–H groups in total. The van der Waals surface area contributed by atoms with Gasteiger partial charge in [-0.25, -0.2) is 0 Å². The summed E-state index contributed by atoms with van der Waals surface area (Å²) in [4.78, 5) is 0. The van der Waals surface area contributed by atoms with E-state index in [4.69, 9.17) is 4.74 Å². The number of aliphatic hydroxyl groups excluding tert-OH is 1. The van der Waals surface area contributed by atoms with E-state index < -0.39 is 0 Å². The van der Waals surface area contributed by atoms with Gasteiger partial charge in [-0.2, -0.15) is 0 Å². The van der Waals surface area contributed by atoms with Gasteiger partial charge in [-0.05, 0) is 65.7 Å². The van der Waals surface area contributed by atoms with Crippen molar-refractivity contribution in [1.82, 2.24) is 0 Å². The van der Waals surface area contributed by atoms with Crippen LogP contribution in [0.15, 0.2) is 18.2 Å². The zero-order chi connectivity index (χ0) is 14.4. The molecule has 3 rings (SSSR count). The Balaban J connectivity index is 2.09. The summed E-state index contributed by atoms with van der Waals surface area (Å²) >= 11 is 0. The van der Waals surface area contributed by atoms with E-state index in [0.29, 0.717) is 12.5 Å². The van der Waals surface area contributed by atoms with Crippen molar-refractivity contribution < 1.29 is 9.84 Å². The standard InChI is InChI=1S/C18H26O2/c1-17(12-19)9-4-10-18(2)15-11-14(20-3)7-5-13(15)6-8-16(17)18/h5,7,11,16,19H,4,6,8-10,12H2,1-3H3/t16?,17?,18-/m1/s1. The molecule has 0 heterocycles. The summed E-state index contributed by atoms with van der Waals surface area (Å²) in [6.45, 7) is 5.00. The lowest BCUT2D eigenvalue weighted by atomic mass is 9.50. The Kier molecular flexibility index (Phi) is 3.32. The van der Waals surface area contributed by atoms with Crippen LogP contribution in [-0.4, -0.2) is 18.8 Å². The maximum absolute atomic E-state index is 9.93. The van der Waals surface area contributed by atoms with Crippen molar-refractivity contribution in [1.29, 1.82) is 0 Å². The summed E-state index contributed by atoms with van der Waals surface area (Å²) in [5, 5.41) is 9.93. The Morgan fingerprint density at radius 1 is 1.30 bits per heavy atom. The van der Waals surface area contributed by atoms with Gasteiger partial charge in [0.05, 0.1) is 7.11 Å². The SMILES string of the molecule is COc1ccc2c(c1)[C@@]1(C)CCCC(C)(CO)C1CC2. The van der Waals surface area contributed by atoms with Crippen LogP contribution in [-0.2, 0) is 11.8 Å². The van der Waals surface area contributed by atoms with Crippen molar-refractivity contribution in [2.45, 2.75) is 51.4 Å². The Morgan fingerprint density at radius 3 is 2.80 bits per heavy atom. The highest BCUT2D eigenvalue weighted by Crippen LogP contribution is 2.57. The third kappa shape index (κ3) is 1.88. The van der Waals surface area contributed by atoms with Gasteiger partial charge in [0.15, 0.2) is 0 Å². The number of benzene rings is 1. The van der Waals surface area contributed by atoms with Crippen LogP contribution >= 0.6 is 0 Å². The summed E-state index contributed by atoms with van der Waals surface area (Å²) in [7, 11) is 1.74. The van der Waals surface area contributed by atoms with Gasteiger partial charge in [-0.15, -0.1) is 0 Å². The van der Waals surface area contributed by atoms with Crippen LogP contribution in [0.3, 0.4) is 0 Å². The molecule has 1 fully saturated rings. The maximum Gasteiger partial charge on any atom is 0.119 e. The van der Waals surface area contributed by atoms with E-state index in [2.05, 4.69) is 32.0 Å². The Labute approximate surface area is 122 Å². The minimum atomic E-state index is 0.0771. The number of hydrogen-bond donors (Lipinski definition) is 1. The molecule has 1 saturated carbocycles. The molecule has 110 valence electrons. The highest BCUT2D eigenvalue weighted by atomic mass is 16.5. The molecule has 1 aromatic rings. The van der Waals surface area contributed by atoms with Gasteiger partial charge < -0.3 is 9.84 Å². The van der Waals surface area contributed by atoms with Crippen molar-refractivity contribution in [3.63, 3.8) is 0 Å². The molecular weight excluding hydrogens is 248 g/mol. The second-order valence-corrected chi connectivity index (χ2v) is 7.20. The number of methoxy groups -OCH3 is 1. The van der Waals surface area contributed by atoms with E-state index in [0.717, 1.165) is 18.6 Å². The first-order valence-electron chi connectivity index (χ1n) is 7.82. The largest absolute Gasteiger partial charge is 0.497 e. The first-order chi connectivity index (χ1) is 9.53. The molecule has 0 spiro atoms. The summed E-state index contributed by atoms with van der Waals surface area (Å²) in [5.74, 6) is 1.54. The van der Waals surface area contributed by atoms with Gasteiger partial charge in [0.1, 0.15) is 5.75 Å². The van der Waals surface area contributed by atoms with Crippen molar-refractivity contribution in [3.8, 4) is 5.75 Å². The Bertz CT molecular complexity index is 510. The number of ether oxygens (including phenoxy) is 1. The predicted molar refractivity (Wildman–Crippen MR) is 81.2 cm³/mol. The summed E-state index contributed by atoms with van der Waals surface area (Å²) in [6.07, 6.45) is 5.93. The highest BCUT2D eigenvalue weighted by Gasteiger charge is 2.51. The van der Waals surface area contributed by atoms with Crippen molar-refractivity contribution in [2.24, 2.45) is 11.3 Å². The molecular formula is C18H26O2. The van der Waals surface area contributed by atoms with Crippen LogP contribution in [0.4, 0.5) is 0 Å². The van der Waals surface area contributed by atoms with Crippen molar-refractivity contribution >= 4 is 0 Å². The highest BCUT2D eigenvalue weighted by molar-refractivity contribution is 5.43. The first kappa shape index (κ1) is 13.9. The Morgan fingerprint density at radius 2 is 2.10 bits per heavy atom. The molecule has 3 atom stereocenters. The summed E-state index contributed by atoms with van der Waals surface area (Å²) < 4.78 is 5.43. The molecule has 20 heavy (non-hydrogen) atoms. The second-order valence-electron chi connectivity index (χ2n) is 7.20. The van der Waals surface area contributed by atoms with Crippen LogP contribution in [0.5, 0.6) is 5.75 Å². The molecule has 0 amide bonds. The molecule has 0 aliphatic heterocycles. The average molecular weight is 274 g/mol. The number of aliphatic hydroxyl groups is 1. The first-order valence-corrected chi connectivity index (χ1v) is 7.82. The fraction of sp³-hybridized carbons (Fsp3) is 0.667. The number of hydrogen-bond acceptors (Lipinski definition) is 2. The normalized spacial score (nSPS) is 36.1. The minimum absolute atomic E-state index is 0.0771. The fourth-order valence-corrected chi connectivity index (χ4v) is 4.89. The van der Waals surface area contributed by atoms with E-state index >= 15 is 0 Å². The molecule has 0 radical (unpaired) electrons. The van der Waals surface area contributed by atoms with Crippen molar-refractivity contribution in [2.75, 3.05) is 13.7 Å². The molecule has 0 bridgehead atoms. The molecule has 2 unspecified atom stereocenters. The zero-order valence-electron chi connectivity index (χ0n) is 12.9. The van der Waals surface area contributed by atoms with Crippen LogP contribution in [0.2, 0.25) is 0 Å². The minimum Gasteiger partial charge on any atom is -0.497 e. The van der Waals surface area contributed by atoms with Crippen LogP contribution < -0.4 is 4.74 Å². The van der Waals surface area contributed by atoms with Gasteiger partial charge in [0.2, 0.25) is 0 Å². The van der Waals surface area contributed by atoms with Gasteiger partial charge in [-0.3, -0.25) is 0 Å². The van der Waals surface area contributed by atoms with Gasteiger partial charge in [0, 0.05) is 6.61 Å². The van der Waals surface area contributed by atoms with E-state index in [1.165, 1.54) is 30.4 Å². The van der Waals surface area contributed by atoms with E-state index in [9.17, 15) is 5.11 Å². The second kappa shape index (κ2) is 4.77. The Hall–Kier alpha value is -1.02. The van der Waals surface area contributed by atoms with E-state index in [1.54, 1.807) is 7.11 Å². The van der Waals surface area contributed by atoms with Crippen LogP contribution in [0.1, 0.15) is 50.7 Å². The van der Waals surface area contributed by atoms with E-state index in [1.807, 2.05) is 0 Å². The van der Waals surface area contributed by atoms with Crippen LogP contribution in [0, 0.1) is 11.3 Å². The number of aryl methyl sites for hydroxylation is 1. The fourth-order valence-electron chi connectivity index (χ4n) is 4.89. The molecule has 2 heteroatoms. The lowest BCUT2D eigenvalue weighted by Crippen LogP contribution is -2.50. The average Bonchev–Trinajstić information content (AvgIpc) is 2.46. The molecule has 1 aromatic carbocycles. The molecule has 2 nitrogen and oxygen atoms in total. The lowest BCUT2D eigenvalue weighted by molar-refractivity contribution is -0.0179. The van der Waals surface area contributed by atoms with Crippen molar-refractivity contribution in [3.05, 3.63) is 29.3 Å². The number of rotatable bonds is 2. The summed E-state index contributed by atoms with van der Waals surface area (Å²) in [5.41, 5.74) is 3.21. The summed E-state index contributed by atoms with van der Waals surface area (Å²) in [6, 6.07) is 6.56. The maximum atomic E-state index is 9.93. The number of fused-ring (bicyclic) bond motifs is 3. The zero-order valence-corrected chi connectivity index (χ0v) is 12.9. The van der Waals surface area contributed by atoms with Gasteiger partial charge in [-0.1, -0.05) is 26.3 Å². The van der Waals surface area contributed by atoms with E-state index in [-0.39, 0.29) is 10.8 Å². The third-order valence-electron chi connectivity index (χ3n) is 6.05. The third-order valence-corrected chi connectivity index (χ3v) is 6.05. The molecule has 2 aliphatic carbocycles. The smallest absolute Gasteiger partial charge is 0.119 e. The van der Waals surface area contributed by atoms with Gasteiger partial charge in [0.25, 0.3) is 0 Å². The molecule has 0 aromatic heterocycles. The lowest BCUT2D eigenvalue weighted by Gasteiger charge is -2.55. The molecule has 0 saturated heterocycles.